The monoisotopic (exact) mass is 416 g/mol. The minimum Gasteiger partial charge on any atom is -0.393 e. The molecular formula is C21H36O8. The third kappa shape index (κ3) is 2.13. The Balaban J connectivity index is 1.88. The largest absolute Gasteiger partial charge is 0.393 e. The van der Waals surface area contributed by atoms with E-state index in [-0.39, 0.29) is 32.1 Å². The van der Waals surface area contributed by atoms with Crippen LogP contribution in [0, 0.1) is 16.7 Å². The molecule has 0 aromatic carbocycles. The molecule has 0 spiro atoms. The van der Waals surface area contributed by atoms with E-state index in [1.165, 1.54) is 13.8 Å². The van der Waals surface area contributed by atoms with Crippen molar-refractivity contribution in [2.45, 2.75) is 113 Å². The predicted molar refractivity (Wildman–Crippen MR) is 102 cm³/mol. The van der Waals surface area contributed by atoms with Gasteiger partial charge in [-0.2, -0.15) is 0 Å². The summed E-state index contributed by atoms with van der Waals surface area (Å²) in [7, 11) is 0. The number of aliphatic hydroxyl groups excluding tert-OH is 4. The molecule has 11 atom stereocenters. The summed E-state index contributed by atoms with van der Waals surface area (Å²) in [6.45, 7) is 4.63. The highest BCUT2D eigenvalue weighted by molar-refractivity contribution is 5.33. The van der Waals surface area contributed by atoms with Crippen molar-refractivity contribution in [3.63, 3.8) is 0 Å². The minimum atomic E-state index is -1.98. The zero-order valence-electron chi connectivity index (χ0n) is 17.4. The molecule has 4 saturated carbocycles. The smallest absolute Gasteiger partial charge is 0.104 e. The van der Waals surface area contributed by atoms with E-state index in [0.717, 1.165) is 0 Å². The molecule has 0 bridgehead atoms. The molecule has 0 aliphatic heterocycles. The van der Waals surface area contributed by atoms with Gasteiger partial charge in [-0.05, 0) is 39.0 Å². The number of rotatable bonds is 1. The molecular weight excluding hydrogens is 380 g/mol. The van der Waals surface area contributed by atoms with Gasteiger partial charge in [-0.15, -0.1) is 0 Å². The van der Waals surface area contributed by atoms with Gasteiger partial charge in [-0.1, -0.05) is 13.8 Å². The summed E-state index contributed by atoms with van der Waals surface area (Å²) in [5.41, 5.74) is -10.0. The summed E-state index contributed by atoms with van der Waals surface area (Å²) >= 11 is 0. The molecule has 4 aliphatic carbocycles. The number of fused-ring (bicyclic) bond motifs is 5. The lowest BCUT2D eigenvalue weighted by molar-refractivity contribution is -0.371. The molecule has 0 amide bonds. The third-order valence-electron chi connectivity index (χ3n) is 10.1. The molecule has 0 saturated heterocycles. The lowest BCUT2D eigenvalue weighted by atomic mass is 9.38. The molecule has 7 unspecified atom stereocenters. The summed E-state index contributed by atoms with van der Waals surface area (Å²) in [4.78, 5) is 0. The quantitative estimate of drug-likeness (QED) is 0.264. The Morgan fingerprint density at radius 3 is 2.03 bits per heavy atom. The first kappa shape index (κ1) is 21.9. The van der Waals surface area contributed by atoms with Crippen molar-refractivity contribution in [3.05, 3.63) is 0 Å². The van der Waals surface area contributed by atoms with Gasteiger partial charge >= 0.3 is 0 Å². The van der Waals surface area contributed by atoms with Crippen molar-refractivity contribution < 1.29 is 40.9 Å². The summed E-state index contributed by atoms with van der Waals surface area (Å²) < 4.78 is 0. The maximum absolute atomic E-state index is 12.0. The van der Waals surface area contributed by atoms with Crippen LogP contribution in [0.25, 0.3) is 0 Å². The fourth-order valence-electron chi connectivity index (χ4n) is 8.00. The Kier molecular flexibility index (Phi) is 4.47. The first-order valence-electron chi connectivity index (χ1n) is 10.8. The molecule has 168 valence electrons. The molecule has 8 heteroatoms. The summed E-state index contributed by atoms with van der Waals surface area (Å²) in [5, 5.41) is 89.3. The average Bonchev–Trinajstić information content (AvgIpc) is 2.86. The number of aliphatic hydroxyl groups is 8. The molecule has 0 aromatic rings. The van der Waals surface area contributed by atoms with Crippen LogP contribution in [0.1, 0.15) is 65.7 Å². The molecule has 4 rings (SSSR count). The van der Waals surface area contributed by atoms with Crippen LogP contribution in [0.3, 0.4) is 0 Å². The van der Waals surface area contributed by atoms with E-state index < -0.39 is 63.6 Å². The van der Waals surface area contributed by atoms with E-state index in [0.29, 0.717) is 12.8 Å². The Hall–Kier alpha value is -0.320. The highest BCUT2D eigenvalue weighted by atomic mass is 16.4. The maximum Gasteiger partial charge on any atom is 0.104 e. The second-order valence-electron chi connectivity index (χ2n) is 10.8. The Morgan fingerprint density at radius 1 is 0.828 bits per heavy atom. The predicted octanol–water partition coefficient (Wildman–Crippen LogP) is -1.21. The van der Waals surface area contributed by atoms with E-state index >= 15 is 0 Å². The second-order valence-corrected chi connectivity index (χ2v) is 10.8. The molecule has 0 aromatic heterocycles. The van der Waals surface area contributed by atoms with E-state index in [1.807, 2.05) is 0 Å². The van der Waals surface area contributed by atoms with Crippen molar-refractivity contribution in [2.75, 3.05) is 0 Å². The van der Waals surface area contributed by atoms with Crippen molar-refractivity contribution in [3.8, 4) is 0 Å². The molecule has 8 nitrogen and oxygen atoms in total. The lowest BCUT2D eigenvalue weighted by Crippen LogP contribution is -2.83. The average molecular weight is 417 g/mol. The van der Waals surface area contributed by atoms with Crippen LogP contribution in [0.2, 0.25) is 0 Å². The molecule has 4 aliphatic rings. The summed E-state index contributed by atoms with van der Waals surface area (Å²) in [6.07, 6.45) is -4.44. The standard InChI is InChI=1S/C21H36O8/c1-11(22)18(26)6-7-21(29)17(18,3)14(24)8-13-16(2)5-4-12(23)9-20(16,28)15(25)10-19(13,21)27/h11-15,22-29H,4-10H2,1-3H3/t11?,12?,13-,14?,15?,16-,17-,18+,19?,20?,21?/m1/s1. The zero-order chi connectivity index (χ0) is 21.8. The van der Waals surface area contributed by atoms with Gasteiger partial charge in [-0.3, -0.25) is 0 Å². The topological polar surface area (TPSA) is 162 Å². The van der Waals surface area contributed by atoms with Crippen molar-refractivity contribution >= 4 is 0 Å². The highest BCUT2D eigenvalue weighted by Gasteiger charge is 2.83. The summed E-state index contributed by atoms with van der Waals surface area (Å²) in [5.74, 6) is -0.764. The van der Waals surface area contributed by atoms with Crippen LogP contribution in [0.15, 0.2) is 0 Å². The Morgan fingerprint density at radius 2 is 1.45 bits per heavy atom. The minimum absolute atomic E-state index is 0.00797. The van der Waals surface area contributed by atoms with Gasteiger partial charge < -0.3 is 40.9 Å². The van der Waals surface area contributed by atoms with Gasteiger partial charge in [0, 0.05) is 24.2 Å². The van der Waals surface area contributed by atoms with Crippen LogP contribution >= 0.6 is 0 Å². The zero-order valence-corrected chi connectivity index (χ0v) is 17.4. The van der Waals surface area contributed by atoms with Gasteiger partial charge in [0.05, 0.1) is 35.4 Å². The normalized spacial score (nSPS) is 63.4. The fraction of sp³-hybridized carbons (Fsp3) is 1.00. The van der Waals surface area contributed by atoms with E-state index in [4.69, 9.17) is 0 Å². The first-order chi connectivity index (χ1) is 13.1. The van der Waals surface area contributed by atoms with Crippen LogP contribution in [0.4, 0.5) is 0 Å². The second kappa shape index (κ2) is 5.92. The van der Waals surface area contributed by atoms with Crippen molar-refractivity contribution in [1.29, 1.82) is 0 Å². The SMILES string of the molecule is CC(O)[C@@]1(O)CCC2(O)C3(O)CC(O)C4(O)CC(O)CC[C@]4(C)[C@H]3CC(O)[C@@]21C. The van der Waals surface area contributed by atoms with Gasteiger partial charge in [0.2, 0.25) is 0 Å². The molecule has 8 N–H and O–H groups in total. The summed E-state index contributed by atoms with van der Waals surface area (Å²) in [6, 6.07) is 0. The number of hydrogen-bond donors (Lipinski definition) is 8. The van der Waals surface area contributed by atoms with Gasteiger partial charge in [-0.25, -0.2) is 0 Å². The van der Waals surface area contributed by atoms with Crippen molar-refractivity contribution in [2.24, 2.45) is 16.7 Å². The van der Waals surface area contributed by atoms with Crippen LogP contribution in [-0.4, -0.2) is 87.7 Å². The third-order valence-corrected chi connectivity index (χ3v) is 10.1. The van der Waals surface area contributed by atoms with Gasteiger partial charge in [0.15, 0.2) is 0 Å². The molecule has 0 heterocycles. The highest BCUT2D eigenvalue weighted by Crippen LogP contribution is 2.72. The van der Waals surface area contributed by atoms with Crippen LogP contribution in [0.5, 0.6) is 0 Å². The van der Waals surface area contributed by atoms with Gasteiger partial charge in [0.25, 0.3) is 0 Å². The molecule has 29 heavy (non-hydrogen) atoms. The first-order valence-corrected chi connectivity index (χ1v) is 10.8. The van der Waals surface area contributed by atoms with Crippen molar-refractivity contribution in [1.82, 2.24) is 0 Å². The van der Waals surface area contributed by atoms with E-state index in [1.54, 1.807) is 6.92 Å². The Bertz CT molecular complexity index is 702. The van der Waals surface area contributed by atoms with Gasteiger partial charge in [0.1, 0.15) is 16.8 Å². The molecule has 4 fully saturated rings. The molecule has 0 radical (unpaired) electrons. The Labute approximate surface area is 170 Å². The lowest BCUT2D eigenvalue weighted by Gasteiger charge is -2.71. The van der Waals surface area contributed by atoms with E-state index in [2.05, 4.69) is 0 Å². The van der Waals surface area contributed by atoms with Crippen LogP contribution < -0.4 is 0 Å². The number of hydrogen-bond acceptors (Lipinski definition) is 8. The maximum atomic E-state index is 12.0. The van der Waals surface area contributed by atoms with E-state index in [9.17, 15) is 40.9 Å². The fourth-order valence-corrected chi connectivity index (χ4v) is 8.00. The van der Waals surface area contributed by atoms with Crippen LogP contribution in [-0.2, 0) is 0 Å².